The highest BCUT2D eigenvalue weighted by atomic mass is 19.1. The van der Waals surface area contributed by atoms with Gasteiger partial charge in [0.2, 0.25) is 0 Å². The van der Waals surface area contributed by atoms with Crippen molar-refractivity contribution in [3.05, 3.63) is 29.3 Å². The van der Waals surface area contributed by atoms with Crippen molar-refractivity contribution in [3.8, 4) is 5.75 Å². The normalized spacial score (nSPS) is 16.4. The number of benzene rings is 1. The first-order valence-corrected chi connectivity index (χ1v) is 6.47. The molecule has 0 saturated heterocycles. The third-order valence-electron chi connectivity index (χ3n) is 2.95. The van der Waals surface area contributed by atoms with Crippen molar-refractivity contribution in [2.45, 2.75) is 38.5 Å². The number of rotatable bonds is 7. The van der Waals surface area contributed by atoms with Crippen molar-refractivity contribution in [3.63, 3.8) is 0 Å². The van der Waals surface area contributed by atoms with Gasteiger partial charge in [0.25, 0.3) is 0 Å². The monoisotopic (exact) mass is 271 g/mol. The van der Waals surface area contributed by atoms with Crippen molar-refractivity contribution in [2.75, 3.05) is 13.7 Å². The number of halogens is 2. The van der Waals surface area contributed by atoms with Crippen LogP contribution in [0.3, 0.4) is 0 Å². The Morgan fingerprint density at radius 1 is 1.32 bits per heavy atom. The number of nitrogens with one attached hydrogen (secondary N) is 1. The van der Waals surface area contributed by atoms with Gasteiger partial charge in [0.05, 0.1) is 6.61 Å². The minimum atomic E-state index is -0.671. The Morgan fingerprint density at radius 3 is 2.47 bits per heavy atom. The Balaban J connectivity index is 2.02. The van der Waals surface area contributed by atoms with E-state index in [4.69, 9.17) is 9.47 Å². The van der Waals surface area contributed by atoms with E-state index in [9.17, 15) is 8.78 Å². The molecule has 19 heavy (non-hydrogen) atoms. The first kappa shape index (κ1) is 14.2. The zero-order valence-electron chi connectivity index (χ0n) is 11.2. The maximum absolute atomic E-state index is 13.8. The third-order valence-corrected chi connectivity index (χ3v) is 2.95. The summed E-state index contributed by atoms with van der Waals surface area (Å²) < 4.78 is 37.7. The van der Waals surface area contributed by atoms with E-state index in [1.165, 1.54) is 19.2 Å². The topological polar surface area (TPSA) is 30.5 Å². The molecule has 1 unspecified atom stereocenters. The van der Waals surface area contributed by atoms with Gasteiger partial charge in [0.15, 0.2) is 17.4 Å². The smallest absolute Gasteiger partial charge is 0.191 e. The second kappa shape index (κ2) is 6.30. The Kier molecular flexibility index (Phi) is 4.71. The highest BCUT2D eigenvalue weighted by molar-refractivity contribution is 5.31. The van der Waals surface area contributed by atoms with Crippen molar-refractivity contribution in [1.82, 2.24) is 5.32 Å². The molecule has 1 N–H and O–H groups in total. The predicted octanol–water partition coefficient (Wildman–Crippen LogP) is 2.63. The van der Waals surface area contributed by atoms with Crippen molar-refractivity contribution in [1.29, 1.82) is 0 Å². The summed E-state index contributed by atoms with van der Waals surface area (Å²) in [5.74, 6) is -1.68. The van der Waals surface area contributed by atoms with E-state index in [2.05, 4.69) is 5.32 Å². The van der Waals surface area contributed by atoms with Gasteiger partial charge in [0.1, 0.15) is 6.10 Å². The molecule has 0 radical (unpaired) electrons. The van der Waals surface area contributed by atoms with Crippen molar-refractivity contribution < 1.29 is 18.3 Å². The zero-order chi connectivity index (χ0) is 13.8. The molecule has 0 bridgehead atoms. The molecule has 1 aromatic carbocycles. The molecule has 0 aromatic heterocycles. The maximum atomic E-state index is 13.8. The molecule has 0 spiro atoms. The van der Waals surface area contributed by atoms with Gasteiger partial charge in [-0.1, -0.05) is 0 Å². The molecule has 1 fully saturated rings. The first-order valence-electron chi connectivity index (χ1n) is 6.47. The van der Waals surface area contributed by atoms with Gasteiger partial charge in [0, 0.05) is 19.7 Å². The minimum absolute atomic E-state index is 0.282. The fourth-order valence-electron chi connectivity index (χ4n) is 1.85. The Morgan fingerprint density at radius 2 is 1.95 bits per heavy atom. The van der Waals surface area contributed by atoms with Gasteiger partial charge in [-0.15, -0.1) is 0 Å². The second-order valence-corrected chi connectivity index (χ2v) is 4.93. The van der Waals surface area contributed by atoms with Crippen LogP contribution in [0.1, 0.15) is 25.3 Å². The largest absolute Gasteiger partial charge is 0.482 e. The van der Waals surface area contributed by atoms with Gasteiger partial charge < -0.3 is 14.8 Å². The first-order chi connectivity index (χ1) is 9.10. The Hall–Kier alpha value is -1.20. The summed E-state index contributed by atoms with van der Waals surface area (Å²) in [5.41, 5.74) is 0.591. The molecule has 0 aliphatic heterocycles. The average molecular weight is 271 g/mol. The van der Waals surface area contributed by atoms with E-state index in [0.717, 1.165) is 12.8 Å². The van der Waals surface area contributed by atoms with Gasteiger partial charge in [-0.05, 0) is 37.5 Å². The lowest BCUT2D eigenvalue weighted by Gasteiger charge is -2.15. The molecule has 5 heteroatoms. The van der Waals surface area contributed by atoms with E-state index in [0.29, 0.717) is 18.2 Å². The van der Waals surface area contributed by atoms with Gasteiger partial charge in [-0.2, -0.15) is 0 Å². The SMILES string of the molecule is COCC(C)Oc1c(F)cc(CNC2CC2)cc1F. The molecular weight excluding hydrogens is 252 g/mol. The second-order valence-electron chi connectivity index (χ2n) is 4.93. The molecule has 0 heterocycles. The minimum Gasteiger partial charge on any atom is -0.482 e. The summed E-state index contributed by atoms with van der Waals surface area (Å²) in [4.78, 5) is 0. The summed E-state index contributed by atoms with van der Waals surface area (Å²) in [5, 5.41) is 3.21. The summed E-state index contributed by atoms with van der Waals surface area (Å²) in [6, 6.07) is 3.13. The van der Waals surface area contributed by atoms with E-state index < -0.39 is 17.7 Å². The number of ether oxygens (including phenoxy) is 2. The zero-order valence-corrected chi connectivity index (χ0v) is 11.2. The van der Waals surface area contributed by atoms with Crippen LogP contribution in [0.25, 0.3) is 0 Å². The molecule has 1 saturated carbocycles. The Labute approximate surface area is 111 Å². The van der Waals surface area contributed by atoms with Crippen LogP contribution in [-0.4, -0.2) is 25.9 Å². The van der Waals surface area contributed by atoms with Crippen LogP contribution in [0.5, 0.6) is 5.75 Å². The standard InChI is InChI=1S/C14H19F2NO2/c1-9(8-18-2)19-14-12(15)5-10(6-13(14)16)7-17-11-3-4-11/h5-6,9,11,17H,3-4,7-8H2,1-2H3. The maximum Gasteiger partial charge on any atom is 0.191 e. The molecule has 1 atom stereocenters. The summed E-state index contributed by atoms with van der Waals surface area (Å²) in [6.07, 6.45) is 1.88. The lowest BCUT2D eigenvalue weighted by Crippen LogP contribution is -2.20. The van der Waals surface area contributed by atoms with E-state index in [1.807, 2.05) is 0 Å². The van der Waals surface area contributed by atoms with Crippen molar-refractivity contribution in [2.24, 2.45) is 0 Å². The summed E-state index contributed by atoms with van der Waals surface area (Å²) in [6.45, 7) is 2.46. The molecule has 106 valence electrons. The van der Waals surface area contributed by atoms with E-state index in [-0.39, 0.29) is 12.4 Å². The van der Waals surface area contributed by atoms with Crippen LogP contribution in [0, 0.1) is 11.6 Å². The van der Waals surface area contributed by atoms with Crippen LogP contribution in [0.4, 0.5) is 8.78 Å². The highest BCUT2D eigenvalue weighted by Gasteiger charge is 2.21. The summed E-state index contributed by atoms with van der Waals surface area (Å²) in [7, 11) is 1.51. The van der Waals surface area contributed by atoms with Crippen LogP contribution in [-0.2, 0) is 11.3 Å². The molecular formula is C14H19F2NO2. The Bertz CT molecular complexity index is 412. The summed E-state index contributed by atoms with van der Waals surface area (Å²) >= 11 is 0. The highest BCUT2D eigenvalue weighted by Crippen LogP contribution is 2.25. The van der Waals surface area contributed by atoms with Crippen LogP contribution < -0.4 is 10.1 Å². The third kappa shape index (κ3) is 4.14. The molecule has 1 aliphatic rings. The van der Waals surface area contributed by atoms with Gasteiger partial charge in [-0.3, -0.25) is 0 Å². The molecule has 0 amide bonds. The molecule has 2 rings (SSSR count). The lowest BCUT2D eigenvalue weighted by atomic mass is 10.2. The van der Waals surface area contributed by atoms with Crippen LogP contribution in [0.15, 0.2) is 12.1 Å². The molecule has 3 nitrogen and oxygen atoms in total. The number of methoxy groups -OCH3 is 1. The van der Waals surface area contributed by atoms with Crippen molar-refractivity contribution >= 4 is 0 Å². The molecule has 1 aromatic rings. The predicted molar refractivity (Wildman–Crippen MR) is 68.2 cm³/mol. The fourth-order valence-corrected chi connectivity index (χ4v) is 1.85. The quantitative estimate of drug-likeness (QED) is 0.827. The number of hydrogen-bond acceptors (Lipinski definition) is 3. The molecule has 1 aliphatic carbocycles. The van der Waals surface area contributed by atoms with Crippen LogP contribution >= 0.6 is 0 Å². The van der Waals surface area contributed by atoms with E-state index >= 15 is 0 Å². The lowest BCUT2D eigenvalue weighted by molar-refractivity contribution is 0.0862. The van der Waals surface area contributed by atoms with E-state index in [1.54, 1.807) is 6.92 Å². The van der Waals surface area contributed by atoms with Crippen LogP contribution in [0.2, 0.25) is 0 Å². The number of hydrogen-bond donors (Lipinski definition) is 1. The fraction of sp³-hybridized carbons (Fsp3) is 0.571. The van der Waals surface area contributed by atoms with Gasteiger partial charge >= 0.3 is 0 Å². The average Bonchev–Trinajstić information content (AvgIpc) is 3.15. The van der Waals surface area contributed by atoms with Gasteiger partial charge in [-0.25, -0.2) is 8.78 Å².